The minimum atomic E-state index is -3.62. The van der Waals surface area contributed by atoms with E-state index in [1.165, 1.54) is 0 Å². The number of fused-ring (bicyclic) bond motifs is 1. The van der Waals surface area contributed by atoms with Crippen molar-refractivity contribution in [2.45, 2.75) is 17.8 Å². The van der Waals surface area contributed by atoms with Gasteiger partial charge in [0.05, 0.1) is 22.7 Å². The van der Waals surface area contributed by atoms with E-state index in [9.17, 15) is 8.42 Å². The lowest BCUT2D eigenvalue weighted by Gasteiger charge is -2.17. The second kappa shape index (κ2) is 2.35. The average Bonchev–Trinajstić information content (AvgIpc) is 2.67. The van der Waals surface area contributed by atoms with Gasteiger partial charge in [-0.25, -0.2) is 0 Å². The Kier molecular flexibility index (Phi) is 1.47. The zero-order valence-corrected chi connectivity index (χ0v) is 8.75. The first kappa shape index (κ1) is 8.77. The SMILES string of the molecule is N#CC1=C2C3CC1C(S)C3OS2(=O)=O. The number of thiol groups is 1. The fraction of sp³-hybridized carbons (Fsp3) is 0.625. The Balaban J connectivity index is 2.31. The lowest BCUT2D eigenvalue weighted by molar-refractivity contribution is 0.217. The highest BCUT2D eigenvalue weighted by Crippen LogP contribution is 2.58. The maximum absolute atomic E-state index is 11.5. The molecule has 0 amide bonds. The first-order valence-corrected chi connectivity index (χ1v) is 6.24. The molecule has 0 spiro atoms. The van der Waals surface area contributed by atoms with E-state index in [1.807, 2.05) is 6.07 Å². The van der Waals surface area contributed by atoms with Gasteiger partial charge in [0.25, 0.3) is 10.1 Å². The third kappa shape index (κ3) is 0.771. The summed E-state index contributed by atoms with van der Waals surface area (Å²) in [5, 5.41) is 8.75. The van der Waals surface area contributed by atoms with E-state index in [-0.39, 0.29) is 28.1 Å². The molecule has 2 aliphatic carbocycles. The second-order valence-electron chi connectivity index (χ2n) is 3.84. The van der Waals surface area contributed by atoms with Crippen LogP contribution in [0.4, 0.5) is 0 Å². The van der Waals surface area contributed by atoms with Gasteiger partial charge < -0.3 is 0 Å². The molecule has 4 nitrogen and oxygen atoms in total. The predicted octanol–water partition coefficient (Wildman–Crippen LogP) is 0.441. The Labute approximate surface area is 87.1 Å². The number of allylic oxidation sites excluding steroid dienone is 1. The topological polar surface area (TPSA) is 67.2 Å². The number of hydrogen-bond donors (Lipinski definition) is 1. The van der Waals surface area contributed by atoms with E-state index < -0.39 is 10.1 Å². The summed E-state index contributed by atoms with van der Waals surface area (Å²) in [7, 11) is -3.62. The maximum atomic E-state index is 11.5. The van der Waals surface area contributed by atoms with Crippen LogP contribution in [0.2, 0.25) is 0 Å². The van der Waals surface area contributed by atoms with Crippen LogP contribution in [0, 0.1) is 23.2 Å². The van der Waals surface area contributed by atoms with Gasteiger partial charge in [0.15, 0.2) is 0 Å². The molecule has 0 aromatic carbocycles. The Morgan fingerprint density at radius 2 is 2.21 bits per heavy atom. The Morgan fingerprint density at radius 1 is 1.50 bits per heavy atom. The third-order valence-corrected chi connectivity index (χ3v) is 5.44. The van der Waals surface area contributed by atoms with Crippen molar-refractivity contribution < 1.29 is 12.6 Å². The minimum absolute atomic E-state index is 0.0226. The summed E-state index contributed by atoms with van der Waals surface area (Å²) in [4.78, 5) is 0.236. The molecule has 6 heteroatoms. The van der Waals surface area contributed by atoms with Crippen LogP contribution >= 0.6 is 12.6 Å². The number of nitriles is 1. The Hall–Kier alpha value is -0.510. The molecule has 0 aromatic rings. The van der Waals surface area contributed by atoms with Gasteiger partial charge in [0, 0.05) is 17.1 Å². The fourth-order valence-electron chi connectivity index (χ4n) is 2.72. The van der Waals surface area contributed by atoms with Gasteiger partial charge in [-0.1, -0.05) is 0 Å². The highest BCUT2D eigenvalue weighted by atomic mass is 32.2. The molecule has 2 fully saturated rings. The molecule has 0 aromatic heterocycles. The number of rotatable bonds is 0. The van der Waals surface area contributed by atoms with Crippen molar-refractivity contribution in [1.29, 1.82) is 5.26 Å². The molecule has 4 atom stereocenters. The first-order valence-electron chi connectivity index (χ1n) is 4.32. The zero-order valence-electron chi connectivity index (χ0n) is 7.04. The van der Waals surface area contributed by atoms with Crippen molar-refractivity contribution in [3.63, 3.8) is 0 Å². The summed E-state index contributed by atoms with van der Waals surface area (Å²) in [5.41, 5.74) is 0.378. The van der Waals surface area contributed by atoms with Gasteiger partial charge in [-0.2, -0.15) is 26.3 Å². The molecule has 1 saturated carbocycles. The summed E-state index contributed by atoms with van der Waals surface area (Å²) in [6.45, 7) is 0. The van der Waals surface area contributed by atoms with E-state index in [0.29, 0.717) is 12.0 Å². The zero-order chi connectivity index (χ0) is 10.1. The van der Waals surface area contributed by atoms with E-state index in [2.05, 4.69) is 12.6 Å². The molecule has 14 heavy (non-hydrogen) atoms. The van der Waals surface area contributed by atoms with Gasteiger partial charge >= 0.3 is 0 Å². The van der Waals surface area contributed by atoms with Crippen LogP contribution in [-0.2, 0) is 14.3 Å². The van der Waals surface area contributed by atoms with Crippen molar-refractivity contribution in [1.82, 2.24) is 0 Å². The largest absolute Gasteiger partial charge is 0.294 e. The highest BCUT2D eigenvalue weighted by Gasteiger charge is 2.61. The fourth-order valence-corrected chi connectivity index (χ4v) is 5.06. The van der Waals surface area contributed by atoms with Gasteiger partial charge in [-0.3, -0.25) is 4.18 Å². The molecule has 2 bridgehead atoms. The van der Waals surface area contributed by atoms with Gasteiger partial charge in [0.2, 0.25) is 0 Å². The van der Waals surface area contributed by atoms with Crippen LogP contribution in [0.3, 0.4) is 0 Å². The normalized spacial score (nSPS) is 47.1. The van der Waals surface area contributed by atoms with Crippen LogP contribution in [0.25, 0.3) is 0 Å². The number of hydrogen-bond acceptors (Lipinski definition) is 5. The predicted molar refractivity (Wildman–Crippen MR) is 50.8 cm³/mol. The van der Waals surface area contributed by atoms with E-state index in [4.69, 9.17) is 9.44 Å². The second-order valence-corrected chi connectivity index (χ2v) is 5.98. The molecule has 3 aliphatic rings. The molecule has 1 heterocycles. The molecule has 4 unspecified atom stereocenters. The smallest absolute Gasteiger partial charge is 0.261 e. The van der Waals surface area contributed by atoms with Crippen molar-refractivity contribution in [3.05, 3.63) is 10.5 Å². The lowest BCUT2D eigenvalue weighted by Crippen LogP contribution is -2.25. The lowest BCUT2D eigenvalue weighted by atomic mass is 9.97. The third-order valence-electron chi connectivity index (χ3n) is 3.25. The van der Waals surface area contributed by atoms with Gasteiger partial charge in [0.1, 0.15) is 0 Å². The first-order chi connectivity index (χ1) is 6.56. The molecule has 0 radical (unpaired) electrons. The van der Waals surface area contributed by atoms with Crippen LogP contribution in [0.1, 0.15) is 6.42 Å². The molecular formula is C8H7NO3S2. The summed E-state index contributed by atoms with van der Waals surface area (Å²) < 4.78 is 28.0. The van der Waals surface area contributed by atoms with Crippen molar-refractivity contribution >= 4 is 22.7 Å². The summed E-state index contributed by atoms with van der Waals surface area (Å²) in [5.74, 6) is -0.132. The molecule has 74 valence electrons. The molecular weight excluding hydrogens is 222 g/mol. The van der Waals surface area contributed by atoms with Crippen LogP contribution in [-0.4, -0.2) is 19.8 Å². The van der Waals surface area contributed by atoms with Crippen molar-refractivity contribution in [3.8, 4) is 6.07 Å². The van der Waals surface area contributed by atoms with Crippen LogP contribution < -0.4 is 0 Å². The molecule has 1 aliphatic heterocycles. The van der Waals surface area contributed by atoms with Gasteiger partial charge in [-0.05, 0) is 6.42 Å². The monoisotopic (exact) mass is 229 g/mol. The van der Waals surface area contributed by atoms with Crippen molar-refractivity contribution in [2.24, 2.45) is 11.8 Å². The average molecular weight is 229 g/mol. The standard InChI is InChI=1S/C8H7NO3S2/c9-2-5-3-1-4-6(7(3)13)12-14(10,11)8(4)5/h3-4,6-7,13H,1H2. The molecule has 1 saturated heterocycles. The molecule has 3 rings (SSSR count). The summed E-state index contributed by atoms with van der Waals surface area (Å²) in [6.07, 6.45) is 0.372. The van der Waals surface area contributed by atoms with E-state index in [0.717, 1.165) is 0 Å². The highest BCUT2D eigenvalue weighted by molar-refractivity contribution is 7.91. The summed E-state index contributed by atoms with van der Waals surface area (Å²) >= 11 is 4.32. The van der Waals surface area contributed by atoms with E-state index >= 15 is 0 Å². The van der Waals surface area contributed by atoms with Crippen LogP contribution in [0.15, 0.2) is 10.5 Å². The summed E-state index contributed by atoms with van der Waals surface area (Å²) in [6, 6.07) is 1.98. The minimum Gasteiger partial charge on any atom is -0.261 e. The van der Waals surface area contributed by atoms with E-state index in [1.54, 1.807) is 0 Å². The maximum Gasteiger partial charge on any atom is 0.294 e. The van der Waals surface area contributed by atoms with Crippen LogP contribution in [0.5, 0.6) is 0 Å². The van der Waals surface area contributed by atoms with Crippen molar-refractivity contribution in [2.75, 3.05) is 0 Å². The van der Waals surface area contributed by atoms with Gasteiger partial charge in [-0.15, -0.1) is 0 Å². The molecule has 0 N–H and O–H groups in total. The quantitative estimate of drug-likeness (QED) is 0.483. The Morgan fingerprint density at radius 3 is 2.86 bits per heavy atom. The Bertz CT molecular complexity index is 487. The number of nitrogens with zero attached hydrogens (tertiary/aromatic N) is 1.